The molecule has 0 unspecified atom stereocenters. The van der Waals surface area contributed by atoms with E-state index in [4.69, 9.17) is 18.9 Å². The molecular weight excluding hydrogens is 364 g/mol. The number of hydrogen-bond donors (Lipinski definition) is 2. The SMILES string of the molecule is CO[C@H]1[C@H](OC)[C@@H](CNC(=O)OC(C)(C)C)O[C@@H]1C(=O)NCc1ccccc1. The molecule has 156 valence electrons. The van der Waals surface area contributed by atoms with Gasteiger partial charge in [0.25, 0.3) is 5.91 Å². The Bertz CT molecular complexity index is 646. The Labute approximate surface area is 165 Å². The highest BCUT2D eigenvalue weighted by atomic mass is 16.6. The number of hydrogen-bond acceptors (Lipinski definition) is 6. The van der Waals surface area contributed by atoms with Gasteiger partial charge in [0, 0.05) is 27.3 Å². The van der Waals surface area contributed by atoms with E-state index in [1.165, 1.54) is 14.2 Å². The Morgan fingerprint density at radius 2 is 1.68 bits per heavy atom. The van der Waals surface area contributed by atoms with Crippen LogP contribution in [0.5, 0.6) is 0 Å². The fourth-order valence-corrected chi connectivity index (χ4v) is 3.03. The molecule has 0 aliphatic carbocycles. The summed E-state index contributed by atoms with van der Waals surface area (Å²) in [5, 5.41) is 5.51. The maximum atomic E-state index is 12.6. The van der Waals surface area contributed by atoms with E-state index < -0.39 is 36.1 Å². The van der Waals surface area contributed by atoms with E-state index in [1.807, 2.05) is 30.3 Å². The van der Waals surface area contributed by atoms with E-state index in [0.717, 1.165) is 5.56 Å². The van der Waals surface area contributed by atoms with Gasteiger partial charge < -0.3 is 29.6 Å². The van der Waals surface area contributed by atoms with Crippen molar-refractivity contribution in [3.05, 3.63) is 35.9 Å². The summed E-state index contributed by atoms with van der Waals surface area (Å²) in [5.74, 6) is -0.294. The molecule has 1 aliphatic heterocycles. The molecule has 0 aromatic heterocycles. The predicted octanol–water partition coefficient (Wildman–Crippen LogP) is 1.62. The Kier molecular flexibility index (Phi) is 7.79. The molecule has 0 saturated carbocycles. The van der Waals surface area contributed by atoms with Gasteiger partial charge >= 0.3 is 6.09 Å². The molecule has 0 spiro atoms. The van der Waals surface area contributed by atoms with Crippen molar-refractivity contribution in [3.63, 3.8) is 0 Å². The molecule has 2 amide bonds. The van der Waals surface area contributed by atoms with E-state index in [0.29, 0.717) is 6.54 Å². The molecule has 1 saturated heterocycles. The Morgan fingerprint density at radius 3 is 2.25 bits per heavy atom. The number of carbonyl (C=O) groups excluding carboxylic acids is 2. The summed E-state index contributed by atoms with van der Waals surface area (Å²) in [6, 6.07) is 9.58. The van der Waals surface area contributed by atoms with E-state index in [1.54, 1.807) is 20.8 Å². The van der Waals surface area contributed by atoms with E-state index in [2.05, 4.69) is 10.6 Å². The fraction of sp³-hybridized carbons (Fsp3) is 0.600. The zero-order valence-electron chi connectivity index (χ0n) is 17.1. The van der Waals surface area contributed by atoms with Crippen LogP contribution in [0.25, 0.3) is 0 Å². The second-order valence-corrected chi connectivity index (χ2v) is 7.58. The first-order valence-corrected chi connectivity index (χ1v) is 9.24. The van der Waals surface area contributed by atoms with Gasteiger partial charge in [0.05, 0.1) is 0 Å². The van der Waals surface area contributed by atoms with E-state index in [9.17, 15) is 9.59 Å². The lowest BCUT2D eigenvalue weighted by Gasteiger charge is -2.23. The van der Waals surface area contributed by atoms with Crippen molar-refractivity contribution >= 4 is 12.0 Å². The standard InChI is InChI=1S/C20H30N2O6/c1-20(2,3)28-19(24)22-12-14-15(25-4)16(26-5)17(27-14)18(23)21-11-13-9-7-6-8-10-13/h6-10,14-17H,11-12H2,1-5H3,(H,21,23)(H,22,24)/t14-,15-,16+,17+/m1/s1. The summed E-state index contributed by atoms with van der Waals surface area (Å²) in [4.78, 5) is 24.5. The minimum atomic E-state index is -0.843. The van der Waals surface area contributed by atoms with E-state index in [-0.39, 0.29) is 12.5 Å². The molecule has 4 atom stereocenters. The lowest BCUT2D eigenvalue weighted by atomic mass is 10.1. The quantitative estimate of drug-likeness (QED) is 0.730. The second kappa shape index (κ2) is 9.86. The van der Waals surface area contributed by atoms with Crippen LogP contribution in [0.1, 0.15) is 26.3 Å². The minimum absolute atomic E-state index is 0.135. The van der Waals surface area contributed by atoms with Gasteiger partial charge in [-0.15, -0.1) is 0 Å². The van der Waals surface area contributed by atoms with Crippen molar-refractivity contribution < 1.29 is 28.5 Å². The summed E-state index contributed by atoms with van der Waals surface area (Å²) in [6.07, 6.45) is -3.05. The molecule has 28 heavy (non-hydrogen) atoms. The summed E-state index contributed by atoms with van der Waals surface area (Å²) in [6.45, 7) is 5.87. The maximum Gasteiger partial charge on any atom is 0.407 e. The molecule has 8 heteroatoms. The molecule has 1 aromatic carbocycles. The summed E-state index contributed by atoms with van der Waals surface area (Å²) in [5.41, 5.74) is 0.380. The number of amides is 2. The van der Waals surface area contributed by atoms with Crippen LogP contribution in [-0.4, -0.2) is 62.8 Å². The third-order valence-electron chi connectivity index (χ3n) is 4.27. The summed E-state index contributed by atoms with van der Waals surface area (Å²) >= 11 is 0. The highest BCUT2D eigenvalue weighted by Gasteiger charge is 2.48. The largest absolute Gasteiger partial charge is 0.444 e. The van der Waals surface area contributed by atoms with Gasteiger partial charge in [0.15, 0.2) is 6.10 Å². The normalized spacial score (nSPS) is 24.6. The Hall–Kier alpha value is -2.16. The third kappa shape index (κ3) is 6.19. The highest BCUT2D eigenvalue weighted by molar-refractivity contribution is 5.82. The molecule has 0 bridgehead atoms. The van der Waals surface area contributed by atoms with Crippen LogP contribution in [0.3, 0.4) is 0 Å². The number of carbonyl (C=O) groups is 2. The van der Waals surface area contributed by atoms with Crippen molar-refractivity contribution in [3.8, 4) is 0 Å². The van der Waals surface area contributed by atoms with Crippen molar-refractivity contribution in [2.75, 3.05) is 20.8 Å². The van der Waals surface area contributed by atoms with Crippen molar-refractivity contribution in [1.82, 2.24) is 10.6 Å². The molecular formula is C20H30N2O6. The molecule has 1 heterocycles. The van der Waals surface area contributed by atoms with Crippen LogP contribution in [0.15, 0.2) is 30.3 Å². The Morgan fingerprint density at radius 1 is 1.04 bits per heavy atom. The first-order chi connectivity index (χ1) is 13.2. The number of benzene rings is 1. The first kappa shape index (κ1) is 22.1. The lowest BCUT2D eigenvalue weighted by Crippen LogP contribution is -2.45. The zero-order chi connectivity index (χ0) is 20.7. The maximum absolute atomic E-state index is 12.6. The van der Waals surface area contributed by atoms with Crippen LogP contribution >= 0.6 is 0 Å². The van der Waals surface area contributed by atoms with Gasteiger partial charge in [-0.05, 0) is 26.3 Å². The third-order valence-corrected chi connectivity index (χ3v) is 4.27. The average Bonchev–Trinajstić information content (AvgIpc) is 3.01. The van der Waals surface area contributed by atoms with Crippen LogP contribution in [0.2, 0.25) is 0 Å². The number of alkyl carbamates (subject to hydrolysis) is 1. The van der Waals surface area contributed by atoms with Gasteiger partial charge in [-0.3, -0.25) is 4.79 Å². The molecule has 8 nitrogen and oxygen atoms in total. The minimum Gasteiger partial charge on any atom is -0.444 e. The van der Waals surface area contributed by atoms with Gasteiger partial charge in [-0.25, -0.2) is 4.79 Å². The monoisotopic (exact) mass is 394 g/mol. The van der Waals surface area contributed by atoms with Crippen molar-refractivity contribution in [2.45, 2.75) is 57.3 Å². The van der Waals surface area contributed by atoms with E-state index >= 15 is 0 Å². The molecule has 2 N–H and O–H groups in total. The van der Waals surface area contributed by atoms with Crippen LogP contribution in [-0.2, 0) is 30.3 Å². The number of methoxy groups -OCH3 is 2. The molecule has 2 rings (SSSR count). The number of rotatable bonds is 7. The summed E-state index contributed by atoms with van der Waals surface area (Å²) in [7, 11) is 3.02. The van der Waals surface area contributed by atoms with Gasteiger partial charge in [-0.1, -0.05) is 30.3 Å². The topological polar surface area (TPSA) is 95.1 Å². The molecule has 1 aromatic rings. The second-order valence-electron chi connectivity index (χ2n) is 7.58. The smallest absolute Gasteiger partial charge is 0.407 e. The van der Waals surface area contributed by atoms with Gasteiger partial charge in [-0.2, -0.15) is 0 Å². The van der Waals surface area contributed by atoms with Crippen LogP contribution < -0.4 is 10.6 Å². The number of ether oxygens (including phenoxy) is 4. The molecule has 1 fully saturated rings. The average molecular weight is 394 g/mol. The van der Waals surface area contributed by atoms with Crippen molar-refractivity contribution in [2.24, 2.45) is 0 Å². The first-order valence-electron chi connectivity index (χ1n) is 9.24. The fourth-order valence-electron chi connectivity index (χ4n) is 3.03. The molecule has 1 aliphatic rings. The highest BCUT2D eigenvalue weighted by Crippen LogP contribution is 2.26. The molecule has 0 radical (unpaired) electrons. The van der Waals surface area contributed by atoms with Crippen molar-refractivity contribution in [1.29, 1.82) is 0 Å². The van der Waals surface area contributed by atoms with Gasteiger partial charge in [0.2, 0.25) is 0 Å². The van der Waals surface area contributed by atoms with Crippen LogP contribution in [0.4, 0.5) is 4.79 Å². The Balaban J connectivity index is 1.95. The van der Waals surface area contributed by atoms with Crippen LogP contribution in [0, 0.1) is 0 Å². The lowest BCUT2D eigenvalue weighted by molar-refractivity contribution is -0.136. The zero-order valence-corrected chi connectivity index (χ0v) is 17.1. The number of nitrogens with one attached hydrogen (secondary N) is 2. The summed E-state index contributed by atoms with van der Waals surface area (Å²) < 4.78 is 22.0. The van der Waals surface area contributed by atoms with Gasteiger partial charge in [0.1, 0.15) is 23.9 Å². The predicted molar refractivity (Wildman–Crippen MR) is 103 cm³/mol.